The van der Waals surface area contributed by atoms with E-state index < -0.39 is 6.36 Å². The first-order valence-electron chi connectivity index (χ1n) is 6.78. The van der Waals surface area contributed by atoms with E-state index in [4.69, 9.17) is 0 Å². The minimum absolute atomic E-state index is 0.286. The van der Waals surface area contributed by atoms with Gasteiger partial charge in [0.1, 0.15) is 0 Å². The smallest absolute Gasteiger partial charge is 0.304 e. The molecule has 0 bridgehead atoms. The maximum atomic E-state index is 11.8. The maximum absolute atomic E-state index is 11.8. The van der Waals surface area contributed by atoms with Crippen LogP contribution in [-0.4, -0.2) is 38.0 Å². The molecule has 5 heteroatoms. The predicted octanol–water partition coefficient (Wildman–Crippen LogP) is 4.06. The van der Waals surface area contributed by atoms with E-state index in [9.17, 15) is 13.2 Å². The van der Waals surface area contributed by atoms with Crippen molar-refractivity contribution in [2.75, 3.05) is 26.7 Å². The van der Waals surface area contributed by atoms with Crippen LogP contribution in [-0.2, 0) is 4.74 Å². The van der Waals surface area contributed by atoms with Crippen LogP contribution in [0.15, 0.2) is 0 Å². The van der Waals surface area contributed by atoms with Gasteiger partial charge in [-0.1, -0.05) is 39.5 Å². The van der Waals surface area contributed by atoms with Crippen LogP contribution in [0.1, 0.15) is 46.0 Å². The summed E-state index contributed by atoms with van der Waals surface area (Å²) in [5.41, 5.74) is 0. The van der Waals surface area contributed by atoms with Gasteiger partial charge in [0.25, 0.3) is 0 Å². The molecule has 0 aliphatic heterocycles. The SMILES string of the molecule is CCCCCC(CC)CN(C)CCOC(F)(F)F. The molecule has 0 saturated carbocycles. The second kappa shape index (κ2) is 9.62. The molecule has 110 valence electrons. The summed E-state index contributed by atoms with van der Waals surface area (Å²) in [5.74, 6) is 0.576. The Morgan fingerprint density at radius 3 is 2.33 bits per heavy atom. The summed E-state index contributed by atoms with van der Waals surface area (Å²) >= 11 is 0. The molecule has 0 aromatic carbocycles. The van der Waals surface area contributed by atoms with Crippen LogP contribution in [0.4, 0.5) is 13.2 Å². The highest BCUT2D eigenvalue weighted by Crippen LogP contribution is 2.17. The molecule has 0 aromatic rings. The van der Waals surface area contributed by atoms with Crippen LogP contribution >= 0.6 is 0 Å². The van der Waals surface area contributed by atoms with E-state index in [-0.39, 0.29) is 6.61 Å². The monoisotopic (exact) mass is 269 g/mol. The van der Waals surface area contributed by atoms with Gasteiger partial charge in [-0.15, -0.1) is 13.2 Å². The fourth-order valence-corrected chi connectivity index (χ4v) is 1.96. The molecule has 0 aromatic heterocycles. The molecule has 0 radical (unpaired) electrons. The molecule has 0 aliphatic rings. The Bertz CT molecular complexity index is 197. The van der Waals surface area contributed by atoms with Gasteiger partial charge < -0.3 is 4.90 Å². The molecule has 0 amide bonds. The summed E-state index contributed by atoms with van der Waals surface area (Å²) in [4.78, 5) is 1.92. The largest absolute Gasteiger partial charge is 0.522 e. The molecule has 0 saturated heterocycles. The average Bonchev–Trinajstić information content (AvgIpc) is 2.26. The van der Waals surface area contributed by atoms with Gasteiger partial charge in [0.2, 0.25) is 0 Å². The van der Waals surface area contributed by atoms with Crippen molar-refractivity contribution < 1.29 is 17.9 Å². The third-order valence-corrected chi connectivity index (χ3v) is 3.10. The lowest BCUT2D eigenvalue weighted by atomic mass is 9.98. The van der Waals surface area contributed by atoms with Gasteiger partial charge in [0, 0.05) is 13.1 Å². The van der Waals surface area contributed by atoms with Gasteiger partial charge in [-0.3, -0.25) is 4.74 Å². The third-order valence-electron chi connectivity index (χ3n) is 3.10. The van der Waals surface area contributed by atoms with Crippen molar-refractivity contribution in [2.24, 2.45) is 5.92 Å². The Labute approximate surface area is 108 Å². The molecule has 0 spiro atoms. The van der Waals surface area contributed by atoms with Crippen LogP contribution in [0.25, 0.3) is 0 Å². The molecule has 18 heavy (non-hydrogen) atoms. The predicted molar refractivity (Wildman–Crippen MR) is 67.4 cm³/mol. The molecule has 1 atom stereocenters. The molecule has 0 N–H and O–H groups in total. The number of rotatable bonds is 10. The molecular formula is C13H26F3NO. The van der Waals surface area contributed by atoms with Crippen LogP contribution in [0.5, 0.6) is 0 Å². The molecule has 0 rings (SSSR count). The summed E-state index contributed by atoms with van der Waals surface area (Å²) in [6, 6.07) is 0. The number of likely N-dealkylation sites (N-methyl/N-ethyl adjacent to an activating group) is 1. The molecule has 0 heterocycles. The minimum atomic E-state index is -4.51. The van der Waals surface area contributed by atoms with Gasteiger partial charge in [-0.25, -0.2) is 0 Å². The van der Waals surface area contributed by atoms with E-state index in [1.54, 1.807) is 0 Å². The van der Waals surface area contributed by atoms with E-state index in [0.717, 1.165) is 19.4 Å². The summed E-state index contributed by atoms with van der Waals surface area (Å²) in [7, 11) is 1.85. The number of alkyl halides is 3. The first-order chi connectivity index (χ1) is 8.39. The van der Waals surface area contributed by atoms with Crippen LogP contribution in [0.2, 0.25) is 0 Å². The molecule has 0 aliphatic carbocycles. The standard InChI is InChI=1S/C13H26F3NO/c1-4-6-7-8-12(5-2)11-17(3)9-10-18-13(14,15)16/h12H,4-11H2,1-3H3. The third kappa shape index (κ3) is 10.8. The van der Waals surface area contributed by atoms with Gasteiger partial charge >= 0.3 is 6.36 Å². The lowest BCUT2D eigenvalue weighted by Crippen LogP contribution is -2.30. The zero-order chi connectivity index (χ0) is 14.0. The number of nitrogens with zero attached hydrogens (tertiary/aromatic N) is 1. The number of ether oxygens (including phenoxy) is 1. The molecule has 1 unspecified atom stereocenters. The highest BCUT2D eigenvalue weighted by atomic mass is 19.4. The Balaban J connectivity index is 3.72. The minimum Gasteiger partial charge on any atom is -0.304 e. The van der Waals surface area contributed by atoms with Crippen molar-refractivity contribution in [3.8, 4) is 0 Å². The number of unbranched alkanes of at least 4 members (excludes halogenated alkanes) is 2. The summed E-state index contributed by atoms with van der Waals surface area (Å²) in [5, 5.41) is 0. The zero-order valence-electron chi connectivity index (χ0n) is 11.7. The van der Waals surface area contributed by atoms with Crippen molar-refractivity contribution >= 4 is 0 Å². The highest BCUT2D eigenvalue weighted by Gasteiger charge is 2.28. The summed E-state index contributed by atoms with van der Waals surface area (Å²) in [6.45, 7) is 5.19. The summed E-state index contributed by atoms with van der Waals surface area (Å²) in [6.07, 6.45) is 1.38. The summed E-state index contributed by atoms with van der Waals surface area (Å²) < 4.78 is 39.2. The number of hydrogen-bond donors (Lipinski definition) is 0. The van der Waals surface area contributed by atoms with E-state index in [2.05, 4.69) is 18.6 Å². The second-order valence-electron chi connectivity index (χ2n) is 4.83. The fourth-order valence-electron chi connectivity index (χ4n) is 1.96. The zero-order valence-corrected chi connectivity index (χ0v) is 11.7. The van der Waals surface area contributed by atoms with Crippen molar-refractivity contribution in [3.63, 3.8) is 0 Å². The number of halogens is 3. The van der Waals surface area contributed by atoms with E-state index in [0.29, 0.717) is 12.5 Å². The van der Waals surface area contributed by atoms with Crippen molar-refractivity contribution in [2.45, 2.75) is 52.3 Å². The first-order valence-corrected chi connectivity index (χ1v) is 6.78. The second-order valence-corrected chi connectivity index (χ2v) is 4.83. The van der Waals surface area contributed by atoms with Crippen molar-refractivity contribution in [1.29, 1.82) is 0 Å². The first kappa shape index (κ1) is 17.7. The van der Waals surface area contributed by atoms with Gasteiger partial charge in [0.15, 0.2) is 0 Å². The Morgan fingerprint density at radius 2 is 1.83 bits per heavy atom. The van der Waals surface area contributed by atoms with E-state index >= 15 is 0 Å². The van der Waals surface area contributed by atoms with Crippen LogP contribution in [0.3, 0.4) is 0 Å². The lowest BCUT2D eigenvalue weighted by molar-refractivity contribution is -0.324. The quantitative estimate of drug-likeness (QED) is 0.554. The topological polar surface area (TPSA) is 12.5 Å². The van der Waals surface area contributed by atoms with E-state index in [1.807, 2.05) is 11.9 Å². The Kier molecular flexibility index (Phi) is 9.46. The van der Waals surface area contributed by atoms with Crippen molar-refractivity contribution in [3.05, 3.63) is 0 Å². The Morgan fingerprint density at radius 1 is 1.17 bits per heavy atom. The van der Waals surface area contributed by atoms with Gasteiger partial charge in [0.05, 0.1) is 6.61 Å². The lowest BCUT2D eigenvalue weighted by Gasteiger charge is -2.23. The average molecular weight is 269 g/mol. The van der Waals surface area contributed by atoms with Crippen LogP contribution < -0.4 is 0 Å². The molecule has 0 fully saturated rings. The molecular weight excluding hydrogens is 243 g/mol. The van der Waals surface area contributed by atoms with Crippen molar-refractivity contribution in [1.82, 2.24) is 4.90 Å². The van der Waals surface area contributed by atoms with Crippen LogP contribution in [0, 0.1) is 5.92 Å². The number of hydrogen-bond acceptors (Lipinski definition) is 2. The van der Waals surface area contributed by atoms with Gasteiger partial charge in [-0.05, 0) is 19.4 Å². The maximum Gasteiger partial charge on any atom is 0.522 e. The van der Waals surface area contributed by atoms with E-state index in [1.165, 1.54) is 19.3 Å². The Hall–Kier alpha value is -0.290. The highest BCUT2D eigenvalue weighted by molar-refractivity contribution is 4.62. The molecule has 2 nitrogen and oxygen atoms in total. The van der Waals surface area contributed by atoms with Gasteiger partial charge in [-0.2, -0.15) is 0 Å². The normalized spacial score (nSPS) is 14.2. The fraction of sp³-hybridized carbons (Fsp3) is 1.00.